The maximum absolute atomic E-state index is 10.8. The lowest BCUT2D eigenvalue weighted by atomic mass is 9.97. The summed E-state index contributed by atoms with van der Waals surface area (Å²) in [6.45, 7) is 3.62. The Morgan fingerprint density at radius 1 is 1.36 bits per heavy atom. The summed E-state index contributed by atoms with van der Waals surface area (Å²) in [5.74, 6) is 1.23. The second kappa shape index (κ2) is 3.23. The van der Waals surface area contributed by atoms with Gasteiger partial charge in [-0.25, -0.2) is 0 Å². The summed E-state index contributed by atoms with van der Waals surface area (Å²) in [6, 6.07) is 0. The number of carbonyl (C=O) groups excluding carboxylic acids is 1. The average molecular weight is 197 g/mol. The Morgan fingerprint density at radius 3 is 2.29 bits per heavy atom. The number of esters is 1. The van der Waals surface area contributed by atoms with Gasteiger partial charge in [-0.15, -0.1) is 0 Å². The summed E-state index contributed by atoms with van der Waals surface area (Å²) in [7, 11) is 0. The van der Waals surface area contributed by atoms with Crippen molar-refractivity contribution in [1.82, 2.24) is 0 Å². The predicted octanol–water partition coefficient (Wildman–Crippen LogP) is 1.46. The van der Waals surface area contributed by atoms with Gasteiger partial charge in [0.2, 0.25) is 0 Å². The lowest BCUT2D eigenvalue weighted by Gasteiger charge is -2.20. The Labute approximate surface area is 85.0 Å². The number of carbonyl (C=O) groups is 1. The molecule has 0 radical (unpaired) electrons. The van der Waals surface area contributed by atoms with Crippen LogP contribution in [0.1, 0.15) is 39.5 Å². The Kier molecular flexibility index (Phi) is 2.30. The summed E-state index contributed by atoms with van der Waals surface area (Å²) in [5.41, 5.74) is 6.13. The lowest BCUT2D eigenvalue weighted by Crippen LogP contribution is -2.33. The van der Waals surface area contributed by atoms with E-state index in [-0.39, 0.29) is 17.6 Å². The van der Waals surface area contributed by atoms with Gasteiger partial charge in [0.15, 0.2) is 0 Å². The van der Waals surface area contributed by atoms with Crippen LogP contribution in [0.4, 0.5) is 0 Å². The first-order valence-corrected chi connectivity index (χ1v) is 5.42. The molecule has 0 saturated heterocycles. The van der Waals surface area contributed by atoms with Crippen molar-refractivity contribution in [2.45, 2.75) is 51.2 Å². The van der Waals surface area contributed by atoms with Gasteiger partial charge in [-0.3, -0.25) is 4.79 Å². The molecule has 3 heteroatoms. The zero-order valence-corrected chi connectivity index (χ0v) is 8.95. The van der Waals surface area contributed by atoms with Crippen LogP contribution in [-0.2, 0) is 9.53 Å². The molecule has 80 valence electrons. The fourth-order valence-corrected chi connectivity index (χ4v) is 3.27. The Morgan fingerprint density at radius 2 is 1.86 bits per heavy atom. The number of rotatable bonds is 1. The van der Waals surface area contributed by atoms with Crippen LogP contribution in [0, 0.1) is 11.8 Å². The smallest absolute Gasteiger partial charge is 0.302 e. The third kappa shape index (κ3) is 1.92. The minimum atomic E-state index is -0.148. The molecule has 0 aromatic heterocycles. The molecule has 0 spiro atoms. The maximum Gasteiger partial charge on any atom is 0.302 e. The van der Waals surface area contributed by atoms with Gasteiger partial charge in [0, 0.05) is 12.5 Å². The first-order valence-electron chi connectivity index (χ1n) is 5.42. The number of hydrogen-bond acceptors (Lipinski definition) is 3. The summed E-state index contributed by atoms with van der Waals surface area (Å²) in [6.07, 6.45) is 4.40. The largest absolute Gasteiger partial charge is 0.463 e. The van der Waals surface area contributed by atoms with Gasteiger partial charge in [-0.1, -0.05) is 0 Å². The van der Waals surface area contributed by atoms with Crippen LogP contribution in [0.15, 0.2) is 0 Å². The monoisotopic (exact) mass is 197 g/mol. The summed E-state index contributed by atoms with van der Waals surface area (Å²) >= 11 is 0. The molecular weight excluding hydrogens is 178 g/mol. The minimum absolute atomic E-state index is 0.0243. The van der Waals surface area contributed by atoms with E-state index >= 15 is 0 Å². The van der Waals surface area contributed by atoms with Crippen molar-refractivity contribution < 1.29 is 9.53 Å². The van der Waals surface area contributed by atoms with E-state index in [2.05, 4.69) is 6.92 Å². The second-order valence-electron chi connectivity index (χ2n) is 5.29. The van der Waals surface area contributed by atoms with Crippen LogP contribution in [0.5, 0.6) is 0 Å². The molecule has 2 saturated carbocycles. The molecule has 3 nitrogen and oxygen atoms in total. The molecule has 0 bridgehead atoms. The fraction of sp³-hybridized carbons (Fsp3) is 0.909. The van der Waals surface area contributed by atoms with E-state index in [0.717, 1.165) is 25.7 Å². The van der Waals surface area contributed by atoms with Crippen molar-refractivity contribution in [3.8, 4) is 0 Å². The SMILES string of the molecule is CC(=O)OC1C[C@@H]2CC(C)(N)C[C@@H]2C1. The van der Waals surface area contributed by atoms with Crippen LogP contribution in [0.2, 0.25) is 0 Å². The highest BCUT2D eigenvalue weighted by molar-refractivity contribution is 5.66. The number of ether oxygens (including phenoxy) is 1. The van der Waals surface area contributed by atoms with Gasteiger partial charge >= 0.3 is 5.97 Å². The standard InChI is InChI=1S/C11H19NO2/c1-7(13)14-10-3-8-5-11(2,12)6-9(8)4-10/h8-10H,3-6,12H2,1-2H3/t8-,9+,10?,11?. The summed E-state index contributed by atoms with van der Waals surface area (Å²) < 4.78 is 5.24. The molecule has 2 unspecified atom stereocenters. The third-order valence-corrected chi connectivity index (χ3v) is 3.59. The number of hydrogen-bond donors (Lipinski definition) is 1. The predicted molar refractivity (Wildman–Crippen MR) is 53.6 cm³/mol. The average Bonchev–Trinajstić information content (AvgIpc) is 2.38. The molecule has 2 fully saturated rings. The molecule has 2 rings (SSSR count). The van der Waals surface area contributed by atoms with Gasteiger partial charge in [0.25, 0.3) is 0 Å². The molecule has 2 aliphatic carbocycles. The summed E-state index contributed by atoms with van der Waals surface area (Å²) in [4.78, 5) is 10.8. The molecule has 0 aromatic carbocycles. The topological polar surface area (TPSA) is 52.3 Å². The van der Waals surface area contributed by atoms with Crippen molar-refractivity contribution in [2.75, 3.05) is 0 Å². The Balaban J connectivity index is 1.90. The Bertz CT molecular complexity index is 234. The first kappa shape index (κ1) is 9.97. The number of nitrogens with two attached hydrogens (primary N) is 1. The third-order valence-electron chi connectivity index (χ3n) is 3.59. The van der Waals surface area contributed by atoms with E-state index in [4.69, 9.17) is 10.5 Å². The van der Waals surface area contributed by atoms with Crippen LogP contribution < -0.4 is 5.73 Å². The molecule has 0 amide bonds. The zero-order chi connectivity index (χ0) is 10.3. The first-order chi connectivity index (χ1) is 6.46. The van der Waals surface area contributed by atoms with Gasteiger partial charge in [0.05, 0.1) is 0 Å². The van der Waals surface area contributed by atoms with Crippen LogP contribution in [0.3, 0.4) is 0 Å². The van der Waals surface area contributed by atoms with Crippen LogP contribution >= 0.6 is 0 Å². The lowest BCUT2D eigenvalue weighted by molar-refractivity contribution is -0.146. The van der Waals surface area contributed by atoms with Crippen LogP contribution in [-0.4, -0.2) is 17.6 Å². The molecular formula is C11H19NO2. The summed E-state index contributed by atoms with van der Waals surface area (Å²) in [5, 5.41) is 0. The van der Waals surface area contributed by atoms with Gasteiger partial charge in [-0.05, 0) is 44.4 Å². The molecule has 14 heavy (non-hydrogen) atoms. The van der Waals surface area contributed by atoms with Crippen molar-refractivity contribution in [1.29, 1.82) is 0 Å². The molecule has 0 aromatic rings. The van der Waals surface area contributed by atoms with Gasteiger partial charge in [-0.2, -0.15) is 0 Å². The van der Waals surface area contributed by atoms with Crippen molar-refractivity contribution in [2.24, 2.45) is 17.6 Å². The Hall–Kier alpha value is -0.570. The molecule has 4 atom stereocenters. The van der Waals surface area contributed by atoms with E-state index in [1.165, 1.54) is 6.92 Å². The van der Waals surface area contributed by atoms with Crippen LogP contribution in [0.25, 0.3) is 0 Å². The molecule has 2 aliphatic rings. The fourth-order valence-electron chi connectivity index (χ4n) is 3.27. The number of fused-ring (bicyclic) bond motifs is 1. The van der Waals surface area contributed by atoms with E-state index in [0.29, 0.717) is 11.8 Å². The van der Waals surface area contributed by atoms with E-state index in [1.807, 2.05) is 0 Å². The normalized spacial score (nSPS) is 46.4. The van der Waals surface area contributed by atoms with Gasteiger partial charge in [0.1, 0.15) is 6.10 Å². The molecule has 0 aliphatic heterocycles. The van der Waals surface area contributed by atoms with E-state index in [9.17, 15) is 4.79 Å². The second-order valence-corrected chi connectivity index (χ2v) is 5.29. The van der Waals surface area contributed by atoms with Crippen molar-refractivity contribution >= 4 is 5.97 Å². The zero-order valence-electron chi connectivity index (χ0n) is 8.95. The highest BCUT2D eigenvalue weighted by Gasteiger charge is 2.46. The highest BCUT2D eigenvalue weighted by atomic mass is 16.5. The maximum atomic E-state index is 10.8. The van der Waals surface area contributed by atoms with Gasteiger partial charge < -0.3 is 10.5 Å². The molecule has 2 N–H and O–H groups in total. The molecule has 0 heterocycles. The van der Waals surface area contributed by atoms with Crippen molar-refractivity contribution in [3.05, 3.63) is 0 Å². The van der Waals surface area contributed by atoms with E-state index < -0.39 is 0 Å². The van der Waals surface area contributed by atoms with Crippen molar-refractivity contribution in [3.63, 3.8) is 0 Å². The quantitative estimate of drug-likeness (QED) is 0.647. The highest BCUT2D eigenvalue weighted by Crippen LogP contribution is 2.48. The van der Waals surface area contributed by atoms with E-state index in [1.54, 1.807) is 0 Å². The minimum Gasteiger partial charge on any atom is -0.463 e.